The average Bonchev–Trinajstić information content (AvgIpc) is 2.79. The van der Waals surface area contributed by atoms with E-state index in [2.05, 4.69) is 10.6 Å². The summed E-state index contributed by atoms with van der Waals surface area (Å²) in [6, 6.07) is 2.89. The molecule has 0 aliphatic carbocycles. The van der Waals surface area contributed by atoms with E-state index in [1.54, 1.807) is 0 Å². The zero-order valence-corrected chi connectivity index (χ0v) is 12.3. The van der Waals surface area contributed by atoms with Gasteiger partial charge in [-0.3, -0.25) is 10.1 Å². The zero-order valence-electron chi connectivity index (χ0n) is 12.3. The Balaban J connectivity index is 2.01. The molecule has 3 rings (SSSR count). The molecule has 2 atom stereocenters. The maximum atomic E-state index is 13.6. The number of benzene rings is 1. The van der Waals surface area contributed by atoms with Crippen LogP contribution in [0.3, 0.4) is 0 Å². The molecular weight excluding hydrogens is 307 g/mol. The van der Waals surface area contributed by atoms with Crippen LogP contribution >= 0.6 is 0 Å². The standard InChI is InChI=1S/C15H15FN2O5/c1-2-5-22-12(19)11-7-15(13(20)17-14(21)18-15)9-6-8(16)3-4-10(9)23-11/h3-4,6,11H,2,5,7H2,1H3,(H2,17,18,20,21)/t11-,15+/m0/s1. The Bertz CT molecular complexity index is 692. The Morgan fingerprint density at radius 3 is 2.91 bits per heavy atom. The number of amides is 3. The number of carbonyl (C=O) groups excluding carboxylic acids is 3. The van der Waals surface area contributed by atoms with Gasteiger partial charge in [-0.2, -0.15) is 0 Å². The van der Waals surface area contributed by atoms with Crippen LogP contribution in [-0.4, -0.2) is 30.6 Å². The van der Waals surface area contributed by atoms with Gasteiger partial charge in [0.2, 0.25) is 0 Å². The minimum Gasteiger partial charge on any atom is -0.478 e. The molecule has 1 fully saturated rings. The van der Waals surface area contributed by atoms with Crippen LogP contribution in [0.4, 0.5) is 9.18 Å². The second-order valence-electron chi connectivity index (χ2n) is 5.43. The van der Waals surface area contributed by atoms with Crippen molar-refractivity contribution in [1.82, 2.24) is 10.6 Å². The quantitative estimate of drug-likeness (QED) is 0.639. The van der Waals surface area contributed by atoms with Crippen molar-refractivity contribution in [1.29, 1.82) is 0 Å². The lowest BCUT2D eigenvalue weighted by Crippen LogP contribution is -2.52. The SMILES string of the molecule is CCCOC(=O)[C@@H]1C[C@@]2(NC(=O)NC2=O)c2cc(F)ccc2O1. The molecule has 122 valence electrons. The molecule has 0 unspecified atom stereocenters. The Kier molecular flexibility index (Phi) is 3.67. The topological polar surface area (TPSA) is 93.7 Å². The number of esters is 1. The fourth-order valence-electron chi connectivity index (χ4n) is 2.77. The van der Waals surface area contributed by atoms with Crippen LogP contribution in [0.5, 0.6) is 5.75 Å². The Morgan fingerprint density at radius 1 is 1.48 bits per heavy atom. The number of rotatable bonds is 3. The summed E-state index contributed by atoms with van der Waals surface area (Å²) in [4.78, 5) is 36.0. The second kappa shape index (κ2) is 5.53. The molecule has 3 amide bonds. The number of hydrogen-bond donors (Lipinski definition) is 2. The van der Waals surface area contributed by atoms with Gasteiger partial charge in [0.05, 0.1) is 6.61 Å². The van der Waals surface area contributed by atoms with E-state index >= 15 is 0 Å². The molecule has 0 aromatic heterocycles. The van der Waals surface area contributed by atoms with E-state index < -0.39 is 35.4 Å². The molecule has 2 aliphatic heterocycles. The number of halogens is 1. The summed E-state index contributed by atoms with van der Waals surface area (Å²) < 4.78 is 24.2. The zero-order chi connectivity index (χ0) is 16.6. The van der Waals surface area contributed by atoms with Crippen LogP contribution in [0.15, 0.2) is 18.2 Å². The number of hydrogen-bond acceptors (Lipinski definition) is 5. The summed E-state index contributed by atoms with van der Waals surface area (Å²) >= 11 is 0. The summed E-state index contributed by atoms with van der Waals surface area (Å²) in [6.45, 7) is 2.07. The number of fused-ring (bicyclic) bond motifs is 2. The summed E-state index contributed by atoms with van der Waals surface area (Å²) in [5.74, 6) is -1.69. The first-order valence-corrected chi connectivity index (χ1v) is 7.23. The van der Waals surface area contributed by atoms with Gasteiger partial charge >= 0.3 is 12.0 Å². The first kappa shape index (κ1) is 15.3. The third-order valence-corrected chi connectivity index (χ3v) is 3.82. The monoisotopic (exact) mass is 322 g/mol. The normalized spacial score (nSPS) is 25.4. The van der Waals surface area contributed by atoms with Crippen LogP contribution in [0.25, 0.3) is 0 Å². The third kappa shape index (κ3) is 2.49. The van der Waals surface area contributed by atoms with Gasteiger partial charge in [0, 0.05) is 12.0 Å². The number of ether oxygens (including phenoxy) is 2. The highest BCUT2D eigenvalue weighted by Gasteiger charge is 2.55. The van der Waals surface area contributed by atoms with Gasteiger partial charge in [0.25, 0.3) is 5.91 Å². The van der Waals surface area contributed by atoms with Crippen LogP contribution < -0.4 is 15.4 Å². The Hall–Kier alpha value is -2.64. The first-order valence-electron chi connectivity index (χ1n) is 7.23. The summed E-state index contributed by atoms with van der Waals surface area (Å²) in [5.41, 5.74) is -1.36. The fourth-order valence-corrected chi connectivity index (χ4v) is 2.77. The van der Waals surface area contributed by atoms with E-state index in [9.17, 15) is 18.8 Å². The number of nitrogens with one attached hydrogen (secondary N) is 2. The lowest BCUT2D eigenvalue weighted by molar-refractivity contribution is -0.154. The molecule has 8 heteroatoms. The van der Waals surface area contributed by atoms with Gasteiger partial charge in [0.15, 0.2) is 11.6 Å². The minimum atomic E-state index is -1.54. The van der Waals surface area contributed by atoms with Crippen molar-refractivity contribution in [2.75, 3.05) is 6.61 Å². The van der Waals surface area contributed by atoms with Crippen LogP contribution in [0, 0.1) is 5.82 Å². The lowest BCUT2D eigenvalue weighted by Gasteiger charge is -2.36. The second-order valence-corrected chi connectivity index (χ2v) is 5.43. The molecule has 0 saturated carbocycles. The van der Waals surface area contributed by atoms with Crippen molar-refractivity contribution >= 4 is 17.9 Å². The molecule has 7 nitrogen and oxygen atoms in total. The highest BCUT2D eigenvalue weighted by atomic mass is 19.1. The lowest BCUT2D eigenvalue weighted by atomic mass is 9.81. The molecule has 2 heterocycles. The predicted molar refractivity (Wildman–Crippen MR) is 75.0 cm³/mol. The number of imide groups is 1. The van der Waals surface area contributed by atoms with E-state index in [0.717, 1.165) is 12.1 Å². The van der Waals surface area contributed by atoms with E-state index in [-0.39, 0.29) is 24.3 Å². The van der Waals surface area contributed by atoms with Crippen LogP contribution in [0.1, 0.15) is 25.3 Å². The van der Waals surface area contributed by atoms with E-state index in [0.29, 0.717) is 6.42 Å². The van der Waals surface area contributed by atoms with Crippen molar-refractivity contribution in [3.8, 4) is 5.75 Å². The van der Waals surface area contributed by atoms with Crippen molar-refractivity contribution in [2.24, 2.45) is 0 Å². The minimum absolute atomic E-state index is 0.161. The molecule has 2 aliphatic rings. The molecule has 23 heavy (non-hydrogen) atoms. The van der Waals surface area contributed by atoms with Crippen LogP contribution in [0.2, 0.25) is 0 Å². The van der Waals surface area contributed by atoms with Gasteiger partial charge in [-0.25, -0.2) is 14.0 Å². The molecule has 1 saturated heterocycles. The van der Waals surface area contributed by atoms with Gasteiger partial charge < -0.3 is 14.8 Å². The highest BCUT2D eigenvalue weighted by Crippen LogP contribution is 2.41. The summed E-state index contributed by atoms with van der Waals surface area (Å²) in [6.07, 6.45) is -0.588. The van der Waals surface area contributed by atoms with Gasteiger partial charge in [-0.1, -0.05) is 6.92 Å². The number of urea groups is 1. The summed E-state index contributed by atoms with van der Waals surface area (Å²) in [5, 5.41) is 4.61. The highest BCUT2D eigenvalue weighted by molar-refractivity contribution is 6.08. The predicted octanol–water partition coefficient (Wildman–Crippen LogP) is 0.965. The molecular formula is C15H15FN2O5. The molecule has 0 bridgehead atoms. The number of carbonyl (C=O) groups is 3. The van der Waals surface area contributed by atoms with E-state index in [4.69, 9.17) is 9.47 Å². The molecule has 0 radical (unpaired) electrons. The maximum absolute atomic E-state index is 13.6. The summed E-state index contributed by atoms with van der Waals surface area (Å²) in [7, 11) is 0. The van der Waals surface area contributed by atoms with Gasteiger partial charge in [-0.05, 0) is 24.6 Å². The van der Waals surface area contributed by atoms with Crippen molar-refractivity contribution in [3.05, 3.63) is 29.6 Å². The van der Waals surface area contributed by atoms with E-state index in [1.165, 1.54) is 6.07 Å². The van der Waals surface area contributed by atoms with E-state index in [1.807, 2.05) is 6.92 Å². The molecule has 1 aromatic rings. The first-order chi connectivity index (χ1) is 11.0. The maximum Gasteiger partial charge on any atom is 0.347 e. The van der Waals surface area contributed by atoms with Gasteiger partial charge in [-0.15, -0.1) is 0 Å². The molecule has 1 spiro atoms. The van der Waals surface area contributed by atoms with Crippen molar-refractivity contribution in [2.45, 2.75) is 31.4 Å². The average molecular weight is 322 g/mol. The molecule has 2 N–H and O–H groups in total. The Morgan fingerprint density at radius 2 is 2.26 bits per heavy atom. The van der Waals surface area contributed by atoms with Crippen molar-refractivity contribution < 1.29 is 28.2 Å². The van der Waals surface area contributed by atoms with Crippen molar-refractivity contribution in [3.63, 3.8) is 0 Å². The molecule has 1 aromatic carbocycles. The smallest absolute Gasteiger partial charge is 0.347 e. The van der Waals surface area contributed by atoms with Crippen LogP contribution in [-0.2, 0) is 19.9 Å². The third-order valence-electron chi connectivity index (χ3n) is 3.82. The Labute approximate surface area is 131 Å². The fraction of sp³-hybridized carbons (Fsp3) is 0.400. The van der Waals surface area contributed by atoms with Gasteiger partial charge in [0.1, 0.15) is 11.6 Å². The largest absolute Gasteiger partial charge is 0.478 e.